The third-order valence-corrected chi connectivity index (χ3v) is 9.14. The minimum atomic E-state index is -4.37. The second-order valence-corrected chi connectivity index (χ2v) is 14.3. The van der Waals surface area contributed by atoms with Gasteiger partial charge in [0.15, 0.2) is 6.10 Å². The Kier molecular flexibility index (Phi) is 33.7. The number of esters is 2. The fourth-order valence-electron chi connectivity index (χ4n) is 5.28. The van der Waals surface area contributed by atoms with Crippen LogP contribution in [0.4, 0.5) is 0 Å². The van der Waals surface area contributed by atoms with Crippen molar-refractivity contribution in [2.24, 2.45) is 5.73 Å². The Bertz CT molecular complexity index is 794. The van der Waals surface area contributed by atoms with E-state index in [2.05, 4.69) is 26.0 Å². The highest BCUT2D eigenvalue weighted by Gasteiger charge is 2.25. The van der Waals surface area contributed by atoms with Crippen molar-refractivity contribution in [3.63, 3.8) is 0 Å². The molecule has 0 bridgehead atoms. The molecule has 0 amide bonds. The van der Waals surface area contributed by atoms with Crippen LogP contribution in [0.5, 0.6) is 0 Å². The predicted molar refractivity (Wildman–Crippen MR) is 192 cm³/mol. The third-order valence-electron chi connectivity index (χ3n) is 8.15. The molecule has 0 saturated carbocycles. The molecule has 10 heteroatoms. The summed E-state index contributed by atoms with van der Waals surface area (Å²) < 4.78 is 32.6. The Balaban J connectivity index is 4.22. The summed E-state index contributed by atoms with van der Waals surface area (Å²) in [6.45, 7) is 3.70. The molecule has 278 valence electrons. The summed E-state index contributed by atoms with van der Waals surface area (Å²) in [5.74, 6) is -0.834. The molecule has 0 rings (SSSR count). The van der Waals surface area contributed by atoms with Crippen LogP contribution in [-0.4, -0.2) is 49.3 Å². The number of nitrogens with two attached hydrogens (primary N) is 1. The Hall–Kier alpha value is -1.25. The van der Waals surface area contributed by atoms with Crippen LogP contribution in [0.1, 0.15) is 181 Å². The summed E-state index contributed by atoms with van der Waals surface area (Å²) in [5, 5.41) is 0. The lowest BCUT2D eigenvalue weighted by atomic mass is 10.0. The molecular formula is C37H72NO8P. The highest BCUT2D eigenvalue weighted by Crippen LogP contribution is 2.43. The summed E-state index contributed by atoms with van der Waals surface area (Å²) in [6.07, 6.45) is 32.4. The molecule has 0 aromatic carbocycles. The van der Waals surface area contributed by atoms with Crippen molar-refractivity contribution >= 4 is 19.8 Å². The van der Waals surface area contributed by atoms with Gasteiger partial charge in [-0.2, -0.15) is 0 Å². The molecule has 1 unspecified atom stereocenters. The molecule has 9 nitrogen and oxygen atoms in total. The number of allylic oxidation sites excluding steroid dienone is 2. The lowest BCUT2D eigenvalue weighted by Gasteiger charge is -2.19. The molecule has 0 aromatic heterocycles. The zero-order valence-electron chi connectivity index (χ0n) is 30.3. The van der Waals surface area contributed by atoms with E-state index in [1.54, 1.807) is 0 Å². The summed E-state index contributed by atoms with van der Waals surface area (Å²) >= 11 is 0. The molecule has 3 N–H and O–H groups in total. The second-order valence-electron chi connectivity index (χ2n) is 12.8. The van der Waals surface area contributed by atoms with Crippen molar-refractivity contribution in [2.75, 3.05) is 26.4 Å². The summed E-state index contributed by atoms with van der Waals surface area (Å²) in [4.78, 5) is 34.7. The van der Waals surface area contributed by atoms with Crippen molar-refractivity contribution in [1.29, 1.82) is 0 Å². The molecule has 47 heavy (non-hydrogen) atoms. The molecule has 0 heterocycles. The van der Waals surface area contributed by atoms with E-state index in [4.69, 9.17) is 24.3 Å². The SMILES string of the molecule is CCCCCC/C=C/CCCCCCCC(=O)O[C@H](COC(=O)CCCCCCCCCCCCCCC)COP(=O)(O)OCCN. The fourth-order valence-corrected chi connectivity index (χ4v) is 6.04. The van der Waals surface area contributed by atoms with Gasteiger partial charge in [-0.1, -0.05) is 142 Å². The lowest BCUT2D eigenvalue weighted by Crippen LogP contribution is -2.29. The average molecular weight is 690 g/mol. The standard InChI is InChI=1S/C37H72NO8P/c1-3-5-7-9-11-13-15-17-19-21-23-25-27-29-36(39)43-33-35(34-45-47(41,42)44-32-31-38)46-37(40)30-28-26-24-22-20-18-16-14-12-10-8-6-4-2/h14,16,35H,3-13,15,17-34,38H2,1-2H3,(H,41,42)/b16-14+/t35-/m1/s1. The van der Waals surface area contributed by atoms with E-state index in [-0.39, 0.29) is 38.6 Å². The van der Waals surface area contributed by atoms with E-state index >= 15 is 0 Å². The number of carbonyl (C=O) groups is 2. The minimum Gasteiger partial charge on any atom is -0.462 e. The van der Waals surface area contributed by atoms with Gasteiger partial charge >= 0.3 is 19.8 Å². The second kappa shape index (κ2) is 34.6. The smallest absolute Gasteiger partial charge is 0.462 e. The van der Waals surface area contributed by atoms with Gasteiger partial charge in [0.25, 0.3) is 0 Å². The van der Waals surface area contributed by atoms with Crippen LogP contribution in [0, 0.1) is 0 Å². The number of hydrogen-bond acceptors (Lipinski definition) is 8. The van der Waals surface area contributed by atoms with Crippen molar-refractivity contribution < 1.29 is 37.6 Å². The van der Waals surface area contributed by atoms with E-state index in [1.807, 2.05) is 0 Å². The van der Waals surface area contributed by atoms with Crippen LogP contribution in [0.15, 0.2) is 12.2 Å². The third kappa shape index (κ3) is 34.4. The summed E-state index contributed by atoms with van der Waals surface area (Å²) in [5.41, 5.74) is 5.33. The first-order valence-corrected chi connectivity index (χ1v) is 20.7. The van der Waals surface area contributed by atoms with Gasteiger partial charge in [-0.3, -0.25) is 18.6 Å². The van der Waals surface area contributed by atoms with E-state index in [1.165, 1.54) is 96.3 Å². The number of hydrogen-bond donors (Lipinski definition) is 2. The molecule has 2 atom stereocenters. The zero-order valence-corrected chi connectivity index (χ0v) is 31.2. The van der Waals surface area contributed by atoms with Gasteiger partial charge in [0, 0.05) is 19.4 Å². The van der Waals surface area contributed by atoms with E-state index in [9.17, 15) is 19.0 Å². The molecule has 0 saturated heterocycles. The minimum absolute atomic E-state index is 0.0545. The number of unbranched alkanes of at least 4 members (excludes halogenated alkanes) is 21. The first-order chi connectivity index (χ1) is 22.8. The maximum atomic E-state index is 12.5. The van der Waals surface area contributed by atoms with Crippen molar-refractivity contribution in [1.82, 2.24) is 0 Å². The van der Waals surface area contributed by atoms with Crippen LogP contribution < -0.4 is 5.73 Å². The summed E-state index contributed by atoms with van der Waals surface area (Å²) in [7, 11) is -4.37. The van der Waals surface area contributed by atoms with Gasteiger partial charge in [0.05, 0.1) is 13.2 Å². The number of carbonyl (C=O) groups excluding carboxylic acids is 2. The predicted octanol–water partition coefficient (Wildman–Crippen LogP) is 10.3. The monoisotopic (exact) mass is 689 g/mol. The van der Waals surface area contributed by atoms with Crippen LogP contribution in [0.25, 0.3) is 0 Å². The highest BCUT2D eigenvalue weighted by atomic mass is 31.2. The molecule has 0 aliphatic carbocycles. The zero-order chi connectivity index (χ0) is 34.7. The van der Waals surface area contributed by atoms with Gasteiger partial charge in [-0.15, -0.1) is 0 Å². The molecule has 0 aliphatic rings. The quantitative estimate of drug-likeness (QED) is 0.0285. The van der Waals surface area contributed by atoms with Crippen molar-refractivity contribution in [3.8, 4) is 0 Å². The Morgan fingerprint density at radius 1 is 0.617 bits per heavy atom. The number of rotatable bonds is 36. The molecule has 0 spiro atoms. The van der Waals surface area contributed by atoms with Crippen LogP contribution in [0.2, 0.25) is 0 Å². The highest BCUT2D eigenvalue weighted by molar-refractivity contribution is 7.47. The van der Waals surface area contributed by atoms with E-state index < -0.39 is 26.5 Å². The molecule has 0 aliphatic heterocycles. The van der Waals surface area contributed by atoms with Gasteiger partial charge < -0.3 is 20.1 Å². The molecule has 0 fully saturated rings. The first kappa shape index (κ1) is 45.8. The van der Waals surface area contributed by atoms with Crippen molar-refractivity contribution in [2.45, 2.75) is 187 Å². The molecule has 0 radical (unpaired) electrons. The van der Waals surface area contributed by atoms with Gasteiger partial charge in [0.2, 0.25) is 0 Å². The van der Waals surface area contributed by atoms with Crippen LogP contribution in [-0.2, 0) is 32.7 Å². The van der Waals surface area contributed by atoms with Gasteiger partial charge in [-0.25, -0.2) is 4.57 Å². The number of ether oxygens (including phenoxy) is 2. The van der Waals surface area contributed by atoms with Crippen LogP contribution >= 0.6 is 7.82 Å². The Morgan fingerprint density at radius 2 is 1.04 bits per heavy atom. The van der Waals surface area contributed by atoms with Gasteiger partial charge in [0.1, 0.15) is 6.61 Å². The Labute approximate surface area is 288 Å². The van der Waals surface area contributed by atoms with Crippen LogP contribution in [0.3, 0.4) is 0 Å². The maximum absolute atomic E-state index is 12.5. The van der Waals surface area contributed by atoms with Crippen molar-refractivity contribution in [3.05, 3.63) is 12.2 Å². The number of phosphoric ester groups is 1. The Morgan fingerprint density at radius 3 is 1.53 bits per heavy atom. The van der Waals surface area contributed by atoms with E-state index in [0.717, 1.165) is 51.4 Å². The number of phosphoric acid groups is 1. The normalized spacial score (nSPS) is 13.5. The maximum Gasteiger partial charge on any atom is 0.472 e. The summed E-state index contributed by atoms with van der Waals surface area (Å²) in [6, 6.07) is 0. The van der Waals surface area contributed by atoms with E-state index in [0.29, 0.717) is 6.42 Å². The lowest BCUT2D eigenvalue weighted by molar-refractivity contribution is -0.161. The fraction of sp³-hybridized carbons (Fsp3) is 0.892. The largest absolute Gasteiger partial charge is 0.472 e. The first-order valence-electron chi connectivity index (χ1n) is 19.2. The molecule has 0 aromatic rings. The average Bonchev–Trinajstić information content (AvgIpc) is 3.05. The van der Waals surface area contributed by atoms with Gasteiger partial charge in [-0.05, 0) is 38.5 Å². The topological polar surface area (TPSA) is 134 Å². The molecular weight excluding hydrogens is 617 g/mol.